The van der Waals surface area contributed by atoms with Gasteiger partial charge in [0.2, 0.25) is 17.7 Å². The first-order valence-corrected chi connectivity index (χ1v) is 44.4. The second kappa shape index (κ2) is 32.9. The number of hydrogen-bond acceptors (Lipinski definition) is 15. The molecule has 6 aromatic carbocycles. The number of carbonyl (C=O) groups is 9. The molecule has 0 unspecified atom stereocenters. The van der Waals surface area contributed by atoms with Gasteiger partial charge in [-0.2, -0.15) is 0 Å². The second-order valence-electron chi connectivity index (χ2n) is 27.6. The van der Waals surface area contributed by atoms with Crippen LogP contribution in [-0.4, -0.2) is 139 Å². The predicted octanol–water partition coefficient (Wildman–Crippen LogP) is 4.12. The average Bonchev–Trinajstić information content (AvgIpc) is 0.998. The summed E-state index contributed by atoms with van der Waals surface area (Å²) in [7, 11) is -21.0. The highest BCUT2D eigenvalue weighted by molar-refractivity contribution is 7.62. The quantitative estimate of drug-likeness (QED) is 0.0339. The first kappa shape index (κ1) is 87.2. The van der Waals surface area contributed by atoms with Crippen LogP contribution in [0.5, 0.6) is 0 Å². The molecular formula is C72H71N15O27P6. The van der Waals surface area contributed by atoms with Crippen molar-refractivity contribution in [1.82, 2.24) is 27.4 Å². The largest absolute Gasteiger partial charge is 0.356 e. The number of carbonyl (C=O) groups excluding carboxylic acids is 9. The molecule has 12 aromatic rings. The van der Waals surface area contributed by atoms with E-state index < -0.39 is 149 Å². The van der Waals surface area contributed by atoms with Crippen molar-refractivity contribution in [2.24, 2.45) is 48.2 Å². The van der Waals surface area contributed by atoms with Gasteiger partial charge in [0.05, 0.1) is 71.9 Å². The minimum atomic E-state index is -5.02. The molecule has 0 saturated carbocycles. The van der Waals surface area contributed by atoms with E-state index in [2.05, 4.69) is 47.9 Å². The smallest absolute Gasteiger partial charge is 0.344 e. The van der Waals surface area contributed by atoms with Crippen LogP contribution in [0.15, 0.2) is 165 Å². The lowest BCUT2D eigenvalue weighted by molar-refractivity contribution is -0.127. The summed E-state index contributed by atoms with van der Waals surface area (Å²) in [6, 6.07) is 23.6. The van der Waals surface area contributed by atoms with Gasteiger partial charge in [-0.3, -0.25) is 70.5 Å². The fourth-order valence-corrected chi connectivity index (χ4v) is 17.3. The van der Waals surface area contributed by atoms with Gasteiger partial charge < -0.3 is 134 Å². The van der Waals surface area contributed by atoms with Gasteiger partial charge >= 0.3 is 45.6 Å². The zero-order valence-electron chi connectivity index (χ0n) is 62.9. The van der Waals surface area contributed by atoms with E-state index in [-0.39, 0.29) is 118 Å². The molecule has 0 aliphatic rings. The van der Waals surface area contributed by atoms with Crippen LogP contribution in [0, 0.1) is 5.92 Å². The maximum absolute atomic E-state index is 14.6. The number of amides is 9. The third-order valence-corrected chi connectivity index (χ3v) is 24.8. The van der Waals surface area contributed by atoms with E-state index in [0.717, 1.165) is 54.6 Å². The SMILES string of the molecule is Cn1cc(NC(=O)CC(CC(=O)Nc2cc(C(=O)Nc3cc(C(=O)Nc4ccc(P(=O)(O)O)c5cc(P(=O)(O)O)ccc45)n(C)c3)n(C)c2)C(=O)Nc2cc(C(=O)Nc3cc(C(=O)Nc4ccc(P(=O)(O)O)c5cc(P(=O)(O)O)ccc45)n(C)c3)n(C)c2)cc1C(=O)Nc1cc(C(=O)Nc2ccc(P(=O)(O)O)c3cc(P(=O)(O)O)ccc23)n(C)c1. The Balaban J connectivity index is 0.739. The second-order valence-corrected chi connectivity index (χ2v) is 37.1. The van der Waals surface area contributed by atoms with Crippen LogP contribution < -0.4 is 79.7 Å². The fraction of sp³-hybridized carbons (Fsp3) is 0.125. The summed E-state index contributed by atoms with van der Waals surface area (Å²) < 4.78 is 81.5. The number of anilines is 9. The Kier molecular flexibility index (Phi) is 23.9. The van der Waals surface area contributed by atoms with E-state index in [9.17, 15) is 129 Å². The molecule has 48 heteroatoms. The molecule has 626 valence electrons. The maximum Gasteiger partial charge on any atom is 0.356 e. The lowest BCUT2D eigenvalue weighted by Gasteiger charge is -2.16. The van der Waals surface area contributed by atoms with Crippen molar-refractivity contribution in [2.45, 2.75) is 12.8 Å². The lowest BCUT2D eigenvalue weighted by Crippen LogP contribution is -2.30. The highest BCUT2D eigenvalue weighted by Gasteiger charge is 2.33. The molecule has 0 aliphatic carbocycles. The summed E-state index contributed by atoms with van der Waals surface area (Å²) in [5.41, 5.74) is -0.158. The number of aryl methyl sites for hydroxylation is 6. The number of benzene rings is 6. The van der Waals surface area contributed by atoms with E-state index in [1.54, 1.807) is 0 Å². The third kappa shape index (κ3) is 19.3. The molecule has 0 bridgehead atoms. The molecule has 0 radical (unpaired) electrons. The summed E-state index contributed by atoms with van der Waals surface area (Å²) >= 11 is 0. The van der Waals surface area contributed by atoms with Crippen LogP contribution in [0.1, 0.15) is 75.8 Å². The number of hydrogen-bond donors (Lipinski definition) is 21. The van der Waals surface area contributed by atoms with Crippen molar-refractivity contribution in [1.29, 1.82) is 0 Å². The van der Waals surface area contributed by atoms with Gasteiger partial charge in [-0.25, -0.2) is 0 Å². The van der Waals surface area contributed by atoms with Crippen LogP contribution in [-0.2, 0) is 84.1 Å². The molecule has 42 nitrogen and oxygen atoms in total. The van der Waals surface area contributed by atoms with E-state index in [1.807, 2.05) is 0 Å². The summed E-state index contributed by atoms with van der Waals surface area (Å²) in [6.07, 6.45) is 6.67. The van der Waals surface area contributed by atoms with Crippen molar-refractivity contribution < 1.29 is 129 Å². The van der Waals surface area contributed by atoms with E-state index >= 15 is 0 Å². The summed E-state index contributed by atoms with van der Waals surface area (Å²) in [4.78, 5) is 245. The van der Waals surface area contributed by atoms with Crippen molar-refractivity contribution in [3.05, 3.63) is 199 Å². The first-order chi connectivity index (χ1) is 55.9. The molecule has 0 saturated heterocycles. The molecule has 6 heterocycles. The van der Waals surface area contributed by atoms with Gasteiger partial charge in [-0.05, 0) is 109 Å². The van der Waals surface area contributed by atoms with Crippen LogP contribution in [0.2, 0.25) is 0 Å². The van der Waals surface area contributed by atoms with Crippen LogP contribution in [0.3, 0.4) is 0 Å². The number of nitrogens with zero attached hydrogens (tertiary/aromatic N) is 6. The van der Waals surface area contributed by atoms with Crippen molar-refractivity contribution in [3.8, 4) is 0 Å². The Morgan fingerprint density at radius 2 is 0.483 bits per heavy atom. The van der Waals surface area contributed by atoms with Crippen molar-refractivity contribution in [2.75, 3.05) is 47.9 Å². The Morgan fingerprint density at radius 1 is 0.267 bits per heavy atom. The number of nitrogens with one attached hydrogen (secondary N) is 9. The minimum absolute atomic E-state index is 0.00127. The molecule has 0 atom stereocenters. The highest BCUT2D eigenvalue weighted by Crippen LogP contribution is 2.45. The van der Waals surface area contributed by atoms with Gasteiger partial charge in [0, 0.05) is 142 Å². The third-order valence-electron chi connectivity index (χ3n) is 18.9. The average molecular weight is 1760 g/mol. The molecule has 21 N–H and O–H groups in total. The van der Waals surface area contributed by atoms with Gasteiger partial charge in [0.15, 0.2) is 0 Å². The Hall–Kier alpha value is -12.1. The molecule has 9 amide bonds. The highest BCUT2D eigenvalue weighted by atomic mass is 31.2. The number of fused-ring (bicyclic) bond motifs is 3. The zero-order chi connectivity index (χ0) is 87.7. The van der Waals surface area contributed by atoms with Gasteiger partial charge in [-0.1, -0.05) is 18.2 Å². The predicted molar refractivity (Wildman–Crippen MR) is 441 cm³/mol. The zero-order valence-corrected chi connectivity index (χ0v) is 68.3. The molecular weight excluding hydrogens is 1690 g/mol. The van der Waals surface area contributed by atoms with Gasteiger partial charge in [0.1, 0.15) is 34.2 Å². The monoisotopic (exact) mass is 1760 g/mol. The Morgan fingerprint density at radius 3 is 0.708 bits per heavy atom. The van der Waals surface area contributed by atoms with Crippen LogP contribution in [0.25, 0.3) is 32.3 Å². The summed E-state index contributed by atoms with van der Waals surface area (Å²) in [5, 5.41) is 19.7. The number of aromatic nitrogens is 6. The molecule has 0 fully saturated rings. The maximum atomic E-state index is 14.6. The van der Waals surface area contributed by atoms with Crippen molar-refractivity contribution in [3.63, 3.8) is 0 Å². The standard InChI is InChI=1S/C72H71N15O27P6/c1-82-30-37(21-55(82)67(91)76-40-24-58(85(4)33-40)70(94)79-52-13-16-61(118(106,107)108)49-27-43(115(97,98)99)7-10-46(49)52)73-64(88)19-36(66(90)75-39-23-57(84(3)32-39)69(93)78-42-26-60(87(6)35-42)72(96)81-54-15-18-63(120(112,113)114)51-29-45(117(103,104)105)9-12-48(51)54)20-65(89)74-38-22-56(83(2)31-38)68(92)77-41-25-59(86(5)34-41)71(95)80-53-14-17-62(119(109,110)111)50-28-44(116(100,101)102)8-11-47(50)53/h7-18,21-36H,19-20H2,1-6H3,(H,73,88)(H,74,89)(H,75,90)(H,76,91)(H,77,92)(H,78,93)(H,79,94)(H,80,95)(H,81,96)(H2,97,98,99)(H2,100,101,102)(H2,103,104,105)(H2,106,107,108)(H2,109,110,111)(H2,112,113,114). The van der Waals surface area contributed by atoms with E-state index in [1.165, 1.54) is 180 Å². The molecule has 6 aromatic heterocycles. The van der Waals surface area contributed by atoms with Gasteiger partial charge in [-0.15, -0.1) is 0 Å². The lowest BCUT2D eigenvalue weighted by atomic mass is 9.99. The molecule has 12 rings (SSSR count). The topological polar surface area (TPSA) is 637 Å². The molecule has 120 heavy (non-hydrogen) atoms. The summed E-state index contributed by atoms with van der Waals surface area (Å²) in [6.45, 7) is 0. The molecule has 0 spiro atoms. The molecule has 0 aliphatic heterocycles. The number of rotatable bonds is 26. The summed E-state index contributed by atoms with van der Waals surface area (Å²) in [5.74, 6) is -8.93. The van der Waals surface area contributed by atoms with E-state index in [4.69, 9.17) is 0 Å². The van der Waals surface area contributed by atoms with Crippen molar-refractivity contribution >= 4 is 214 Å². The fourth-order valence-electron chi connectivity index (χ4n) is 13.3. The van der Waals surface area contributed by atoms with E-state index in [0.29, 0.717) is 0 Å². The minimum Gasteiger partial charge on any atom is -0.344 e. The van der Waals surface area contributed by atoms with Crippen LogP contribution in [0.4, 0.5) is 51.2 Å². The van der Waals surface area contributed by atoms with Crippen LogP contribution >= 0.6 is 45.6 Å². The van der Waals surface area contributed by atoms with Gasteiger partial charge in [0.25, 0.3) is 35.4 Å². The first-order valence-electron chi connectivity index (χ1n) is 34.7. The normalized spacial score (nSPS) is 12.2. The Labute approximate surface area is 675 Å². The Bertz CT molecular complexity index is 6410.